The highest BCUT2D eigenvalue weighted by atomic mass is 16.4. The number of aliphatic carboxylic acids is 1. The van der Waals surface area contributed by atoms with Gasteiger partial charge in [-0.25, -0.2) is 4.98 Å². The predicted molar refractivity (Wildman–Crippen MR) is 74.8 cm³/mol. The summed E-state index contributed by atoms with van der Waals surface area (Å²) in [6.07, 6.45) is 2.83. The summed E-state index contributed by atoms with van der Waals surface area (Å²) in [6.45, 7) is 3.82. The summed E-state index contributed by atoms with van der Waals surface area (Å²) in [5.41, 5.74) is 0.538. The zero-order valence-corrected chi connectivity index (χ0v) is 11.5. The maximum Gasteiger partial charge on any atom is 0.306 e. The van der Waals surface area contributed by atoms with E-state index in [0.29, 0.717) is 38.0 Å². The molecule has 2 rings (SSSR count). The zero-order chi connectivity index (χ0) is 14.5. The average molecular weight is 277 g/mol. The van der Waals surface area contributed by atoms with Crippen molar-refractivity contribution < 1.29 is 14.7 Å². The standard InChI is InChI=1S/C14H19N3O3/c1-2-15-13(18)11-3-4-12(16-9-11)17-7-5-10(6-8-17)14(19)20/h3-4,9-10H,2,5-8H2,1H3,(H,15,18)(H,19,20). The second kappa shape index (κ2) is 6.36. The molecule has 6 nitrogen and oxygen atoms in total. The number of carboxylic acids is 1. The molecule has 1 aliphatic heterocycles. The molecule has 0 atom stereocenters. The minimum Gasteiger partial charge on any atom is -0.481 e. The Labute approximate surface area is 117 Å². The minimum absolute atomic E-state index is 0.129. The van der Waals surface area contributed by atoms with E-state index in [1.165, 1.54) is 0 Å². The Hall–Kier alpha value is -2.11. The first-order chi connectivity index (χ1) is 9.61. The number of amides is 1. The Morgan fingerprint density at radius 1 is 1.40 bits per heavy atom. The highest BCUT2D eigenvalue weighted by Crippen LogP contribution is 2.21. The first kappa shape index (κ1) is 14.3. The summed E-state index contributed by atoms with van der Waals surface area (Å²) >= 11 is 0. The number of pyridine rings is 1. The van der Waals surface area contributed by atoms with Gasteiger partial charge in [-0.1, -0.05) is 0 Å². The van der Waals surface area contributed by atoms with Crippen molar-refractivity contribution >= 4 is 17.7 Å². The van der Waals surface area contributed by atoms with Crippen molar-refractivity contribution in [3.8, 4) is 0 Å². The summed E-state index contributed by atoms with van der Waals surface area (Å²) in [7, 11) is 0. The molecule has 108 valence electrons. The maximum absolute atomic E-state index is 11.6. The van der Waals surface area contributed by atoms with E-state index in [1.54, 1.807) is 12.3 Å². The maximum atomic E-state index is 11.6. The van der Waals surface area contributed by atoms with Crippen molar-refractivity contribution in [2.24, 2.45) is 5.92 Å². The van der Waals surface area contributed by atoms with Gasteiger partial charge in [-0.15, -0.1) is 0 Å². The SMILES string of the molecule is CCNC(=O)c1ccc(N2CCC(C(=O)O)CC2)nc1. The smallest absolute Gasteiger partial charge is 0.306 e. The van der Waals surface area contributed by atoms with Crippen molar-refractivity contribution in [3.63, 3.8) is 0 Å². The third kappa shape index (κ3) is 3.26. The van der Waals surface area contributed by atoms with Crippen LogP contribution in [0, 0.1) is 5.92 Å². The van der Waals surface area contributed by atoms with Gasteiger partial charge < -0.3 is 15.3 Å². The normalized spacial score (nSPS) is 15.9. The molecule has 1 aliphatic rings. The zero-order valence-electron chi connectivity index (χ0n) is 11.5. The monoisotopic (exact) mass is 277 g/mol. The van der Waals surface area contributed by atoms with Gasteiger partial charge in [0, 0.05) is 25.8 Å². The van der Waals surface area contributed by atoms with Crippen LogP contribution < -0.4 is 10.2 Å². The predicted octanol–water partition coefficient (Wildman–Crippen LogP) is 1.13. The van der Waals surface area contributed by atoms with E-state index in [4.69, 9.17) is 5.11 Å². The molecular formula is C14H19N3O3. The molecule has 0 saturated carbocycles. The van der Waals surface area contributed by atoms with Crippen molar-refractivity contribution in [3.05, 3.63) is 23.9 Å². The molecule has 2 N–H and O–H groups in total. The van der Waals surface area contributed by atoms with E-state index in [9.17, 15) is 9.59 Å². The van der Waals surface area contributed by atoms with Crippen molar-refractivity contribution in [1.82, 2.24) is 10.3 Å². The van der Waals surface area contributed by atoms with Crippen LogP contribution in [0.1, 0.15) is 30.1 Å². The van der Waals surface area contributed by atoms with E-state index in [0.717, 1.165) is 5.82 Å². The van der Waals surface area contributed by atoms with Gasteiger partial charge in [-0.2, -0.15) is 0 Å². The molecule has 20 heavy (non-hydrogen) atoms. The van der Waals surface area contributed by atoms with Gasteiger partial charge in [0.2, 0.25) is 0 Å². The lowest BCUT2D eigenvalue weighted by atomic mass is 9.97. The first-order valence-corrected chi connectivity index (χ1v) is 6.83. The molecular weight excluding hydrogens is 258 g/mol. The van der Waals surface area contributed by atoms with Gasteiger partial charge >= 0.3 is 5.97 Å². The highest BCUT2D eigenvalue weighted by Gasteiger charge is 2.25. The van der Waals surface area contributed by atoms with E-state index >= 15 is 0 Å². The molecule has 6 heteroatoms. The van der Waals surface area contributed by atoms with E-state index in [2.05, 4.69) is 15.2 Å². The van der Waals surface area contributed by atoms with Crippen molar-refractivity contribution in [2.75, 3.05) is 24.5 Å². The number of nitrogens with one attached hydrogen (secondary N) is 1. The Balaban J connectivity index is 1.97. The lowest BCUT2D eigenvalue weighted by Crippen LogP contribution is -2.36. The fraction of sp³-hybridized carbons (Fsp3) is 0.500. The Morgan fingerprint density at radius 2 is 2.10 bits per heavy atom. The molecule has 0 radical (unpaired) electrons. The minimum atomic E-state index is -0.718. The molecule has 0 bridgehead atoms. The number of carbonyl (C=O) groups excluding carboxylic acids is 1. The molecule has 0 unspecified atom stereocenters. The van der Waals surface area contributed by atoms with E-state index in [1.807, 2.05) is 13.0 Å². The van der Waals surface area contributed by atoms with Crippen LogP contribution in [0.15, 0.2) is 18.3 Å². The Kier molecular flexibility index (Phi) is 4.55. The van der Waals surface area contributed by atoms with Gasteiger partial charge in [0.1, 0.15) is 5.82 Å². The van der Waals surface area contributed by atoms with Crippen LogP contribution >= 0.6 is 0 Å². The fourth-order valence-electron chi connectivity index (χ4n) is 2.33. The average Bonchev–Trinajstić information content (AvgIpc) is 2.48. The number of carbonyl (C=O) groups is 2. The Morgan fingerprint density at radius 3 is 2.60 bits per heavy atom. The molecule has 1 aromatic heterocycles. The first-order valence-electron chi connectivity index (χ1n) is 6.83. The van der Waals surface area contributed by atoms with Crippen LogP contribution in [0.5, 0.6) is 0 Å². The third-order valence-corrected chi connectivity index (χ3v) is 3.52. The van der Waals surface area contributed by atoms with E-state index in [-0.39, 0.29) is 11.8 Å². The van der Waals surface area contributed by atoms with Crippen LogP contribution in [0.3, 0.4) is 0 Å². The number of carboxylic acid groups (broad SMARTS) is 1. The second-order valence-corrected chi connectivity index (χ2v) is 4.86. The summed E-state index contributed by atoms with van der Waals surface area (Å²) in [6, 6.07) is 3.56. The fourth-order valence-corrected chi connectivity index (χ4v) is 2.33. The van der Waals surface area contributed by atoms with Crippen LogP contribution in [-0.4, -0.2) is 41.6 Å². The Bertz CT molecular complexity index is 479. The number of piperidine rings is 1. The molecule has 1 amide bonds. The molecule has 1 saturated heterocycles. The molecule has 1 fully saturated rings. The van der Waals surface area contributed by atoms with Crippen molar-refractivity contribution in [1.29, 1.82) is 0 Å². The van der Waals surface area contributed by atoms with Crippen LogP contribution in [0.25, 0.3) is 0 Å². The number of aromatic nitrogens is 1. The van der Waals surface area contributed by atoms with Crippen LogP contribution in [-0.2, 0) is 4.79 Å². The molecule has 0 aliphatic carbocycles. The van der Waals surface area contributed by atoms with Crippen LogP contribution in [0.2, 0.25) is 0 Å². The molecule has 2 heterocycles. The summed E-state index contributed by atoms with van der Waals surface area (Å²) in [5, 5.41) is 11.7. The number of nitrogens with zero attached hydrogens (tertiary/aromatic N) is 2. The number of hydrogen-bond donors (Lipinski definition) is 2. The van der Waals surface area contributed by atoms with Gasteiger partial charge in [0.15, 0.2) is 0 Å². The summed E-state index contributed by atoms with van der Waals surface area (Å²) in [4.78, 5) is 28.9. The lowest BCUT2D eigenvalue weighted by molar-refractivity contribution is -0.142. The second-order valence-electron chi connectivity index (χ2n) is 4.86. The molecule has 0 spiro atoms. The quantitative estimate of drug-likeness (QED) is 0.862. The number of rotatable bonds is 4. The van der Waals surface area contributed by atoms with Gasteiger partial charge in [-0.05, 0) is 31.9 Å². The largest absolute Gasteiger partial charge is 0.481 e. The van der Waals surface area contributed by atoms with Crippen LogP contribution in [0.4, 0.5) is 5.82 Å². The highest BCUT2D eigenvalue weighted by molar-refractivity contribution is 5.94. The van der Waals surface area contributed by atoms with Gasteiger partial charge in [0.05, 0.1) is 11.5 Å². The topological polar surface area (TPSA) is 82.5 Å². The summed E-state index contributed by atoms with van der Waals surface area (Å²) in [5.74, 6) is -0.303. The summed E-state index contributed by atoms with van der Waals surface area (Å²) < 4.78 is 0. The van der Waals surface area contributed by atoms with Crippen molar-refractivity contribution in [2.45, 2.75) is 19.8 Å². The van der Waals surface area contributed by atoms with Gasteiger partial charge in [0.25, 0.3) is 5.91 Å². The third-order valence-electron chi connectivity index (χ3n) is 3.52. The lowest BCUT2D eigenvalue weighted by Gasteiger charge is -2.30. The number of hydrogen-bond acceptors (Lipinski definition) is 4. The van der Waals surface area contributed by atoms with E-state index < -0.39 is 5.97 Å². The molecule has 1 aromatic rings. The number of anilines is 1. The van der Waals surface area contributed by atoms with Gasteiger partial charge in [-0.3, -0.25) is 9.59 Å². The molecule has 0 aromatic carbocycles.